The highest BCUT2D eigenvalue weighted by molar-refractivity contribution is 7.92. The van der Waals surface area contributed by atoms with Crippen LogP contribution in [0.2, 0.25) is 0 Å². The quantitative estimate of drug-likeness (QED) is 0.829. The molecule has 1 heterocycles. The van der Waals surface area contributed by atoms with Crippen molar-refractivity contribution in [3.8, 4) is 0 Å². The minimum absolute atomic E-state index is 0.158. The van der Waals surface area contributed by atoms with Gasteiger partial charge in [-0.3, -0.25) is 9.52 Å². The second-order valence-electron chi connectivity index (χ2n) is 7.11. The third-order valence-electron chi connectivity index (χ3n) is 4.36. The third-order valence-corrected chi connectivity index (χ3v) is 4.97. The summed E-state index contributed by atoms with van der Waals surface area (Å²) in [4.78, 5) is 12.7. The molecule has 0 saturated heterocycles. The van der Waals surface area contributed by atoms with E-state index in [9.17, 15) is 17.6 Å². The molecule has 1 atom stereocenters. The Kier molecular flexibility index (Phi) is 5.51. The van der Waals surface area contributed by atoms with Gasteiger partial charge in [-0.15, -0.1) is 0 Å². The van der Waals surface area contributed by atoms with Crippen LogP contribution in [0.3, 0.4) is 0 Å². The lowest BCUT2D eigenvalue weighted by Gasteiger charge is -2.23. The molecule has 0 bridgehead atoms. The first-order valence-electron chi connectivity index (χ1n) is 8.88. The van der Waals surface area contributed by atoms with E-state index >= 15 is 0 Å². The number of halogens is 1. The molecule has 0 aliphatic carbocycles. The van der Waals surface area contributed by atoms with Gasteiger partial charge in [-0.1, -0.05) is 38.1 Å². The van der Waals surface area contributed by atoms with Crippen LogP contribution < -0.4 is 4.72 Å². The van der Waals surface area contributed by atoms with E-state index in [4.69, 9.17) is 0 Å². The number of anilines is 1. The largest absolute Gasteiger partial charge is 0.284 e. The van der Waals surface area contributed by atoms with E-state index in [-0.39, 0.29) is 17.6 Å². The van der Waals surface area contributed by atoms with Gasteiger partial charge in [-0.25, -0.2) is 17.8 Å². The van der Waals surface area contributed by atoms with Gasteiger partial charge in [0.2, 0.25) is 15.9 Å². The van der Waals surface area contributed by atoms with Gasteiger partial charge >= 0.3 is 0 Å². The molecule has 3 rings (SSSR count). The number of amides is 1. The maximum absolute atomic E-state index is 13.7. The first kappa shape index (κ1) is 20.0. The van der Waals surface area contributed by atoms with E-state index < -0.39 is 16.1 Å². The van der Waals surface area contributed by atoms with Crippen molar-refractivity contribution in [2.24, 2.45) is 11.0 Å². The summed E-state index contributed by atoms with van der Waals surface area (Å²) in [6.45, 7) is 3.57. The molecule has 148 valence electrons. The Bertz CT molecular complexity index is 1030. The molecule has 0 fully saturated rings. The van der Waals surface area contributed by atoms with Gasteiger partial charge in [-0.2, -0.15) is 5.10 Å². The summed E-state index contributed by atoms with van der Waals surface area (Å²) in [5.74, 6) is -0.797. The highest BCUT2D eigenvalue weighted by Crippen LogP contribution is 2.34. The average molecular weight is 403 g/mol. The first-order valence-corrected chi connectivity index (χ1v) is 10.8. The topological polar surface area (TPSA) is 78.8 Å². The second kappa shape index (κ2) is 7.71. The highest BCUT2D eigenvalue weighted by atomic mass is 32.2. The molecule has 8 heteroatoms. The van der Waals surface area contributed by atoms with Crippen LogP contribution >= 0.6 is 0 Å². The smallest absolute Gasteiger partial charge is 0.245 e. The number of hydrazone groups is 1. The molecule has 6 nitrogen and oxygen atoms in total. The predicted molar refractivity (Wildman–Crippen MR) is 107 cm³/mol. The van der Waals surface area contributed by atoms with Gasteiger partial charge in [0.25, 0.3) is 0 Å². The van der Waals surface area contributed by atoms with Crippen LogP contribution in [0.15, 0.2) is 53.6 Å². The van der Waals surface area contributed by atoms with Crippen molar-refractivity contribution in [3.05, 3.63) is 65.5 Å². The Morgan fingerprint density at radius 3 is 2.57 bits per heavy atom. The molecule has 0 aromatic heterocycles. The van der Waals surface area contributed by atoms with Crippen molar-refractivity contribution < 1.29 is 17.6 Å². The fraction of sp³-hybridized carbons (Fsp3) is 0.300. The van der Waals surface area contributed by atoms with Crippen LogP contribution in [-0.2, 0) is 14.8 Å². The van der Waals surface area contributed by atoms with Crippen LogP contribution in [0.5, 0.6) is 0 Å². The number of carbonyl (C=O) groups excluding carboxylic acids is 1. The van der Waals surface area contributed by atoms with E-state index in [1.165, 1.54) is 17.1 Å². The van der Waals surface area contributed by atoms with Gasteiger partial charge in [0, 0.05) is 18.0 Å². The molecule has 2 aromatic rings. The Morgan fingerprint density at radius 1 is 1.21 bits per heavy atom. The molecule has 0 radical (unpaired) electrons. The van der Waals surface area contributed by atoms with Crippen LogP contribution in [-0.4, -0.2) is 31.3 Å². The Labute approximate surface area is 164 Å². The SMILES string of the molecule is CC(C)C(=O)N1N=C(c2cccc(NS(C)(=O)=O)c2)CC1c1cccc(F)c1. The number of hydrogen-bond donors (Lipinski definition) is 1. The maximum Gasteiger partial charge on any atom is 0.245 e. The Hall–Kier alpha value is -2.74. The third kappa shape index (κ3) is 4.56. The van der Waals surface area contributed by atoms with Crippen LogP contribution in [0.4, 0.5) is 10.1 Å². The summed E-state index contributed by atoms with van der Waals surface area (Å²) in [5, 5.41) is 5.91. The number of nitrogens with zero attached hydrogens (tertiary/aromatic N) is 2. The molecule has 0 saturated carbocycles. The van der Waals surface area contributed by atoms with Crippen LogP contribution in [0.25, 0.3) is 0 Å². The molecule has 1 aliphatic heterocycles. The molecule has 2 aromatic carbocycles. The zero-order valence-electron chi connectivity index (χ0n) is 15.9. The fourth-order valence-electron chi connectivity index (χ4n) is 3.10. The molecule has 0 spiro atoms. The monoisotopic (exact) mass is 403 g/mol. The molecule has 1 aliphatic rings. The summed E-state index contributed by atoms with van der Waals surface area (Å²) in [6, 6.07) is 12.6. The lowest BCUT2D eigenvalue weighted by Crippen LogP contribution is -2.30. The minimum Gasteiger partial charge on any atom is -0.284 e. The van der Waals surface area contributed by atoms with Crippen LogP contribution in [0.1, 0.15) is 37.4 Å². The fourth-order valence-corrected chi connectivity index (χ4v) is 3.66. The number of sulfonamides is 1. The summed E-state index contributed by atoms with van der Waals surface area (Å²) in [7, 11) is -3.41. The number of benzene rings is 2. The number of rotatable bonds is 5. The molecule has 28 heavy (non-hydrogen) atoms. The highest BCUT2D eigenvalue weighted by Gasteiger charge is 2.34. The maximum atomic E-state index is 13.7. The molecular formula is C20H22FN3O3S. The van der Waals surface area contributed by atoms with E-state index in [1.54, 1.807) is 50.2 Å². The van der Waals surface area contributed by atoms with Crippen molar-refractivity contribution in [1.82, 2.24) is 5.01 Å². The standard InChI is InChI=1S/C20H22FN3O3S/c1-13(2)20(25)24-19(15-7-4-8-16(21)10-15)12-18(22-24)14-6-5-9-17(11-14)23-28(3,26)27/h4-11,13,19,23H,12H2,1-3H3. The van der Waals surface area contributed by atoms with Crippen molar-refractivity contribution in [1.29, 1.82) is 0 Å². The van der Waals surface area contributed by atoms with E-state index in [0.717, 1.165) is 6.26 Å². The van der Waals surface area contributed by atoms with Crippen molar-refractivity contribution >= 4 is 27.3 Å². The minimum atomic E-state index is -3.41. The summed E-state index contributed by atoms with van der Waals surface area (Å²) in [5.41, 5.74) is 2.42. The van der Waals surface area contributed by atoms with Crippen LogP contribution in [0, 0.1) is 11.7 Å². The zero-order chi connectivity index (χ0) is 20.5. The van der Waals surface area contributed by atoms with Crippen molar-refractivity contribution in [2.45, 2.75) is 26.3 Å². The predicted octanol–water partition coefficient (Wildman–Crippen LogP) is 3.53. The Morgan fingerprint density at radius 2 is 1.93 bits per heavy atom. The first-order chi connectivity index (χ1) is 13.1. The van der Waals surface area contributed by atoms with Crippen molar-refractivity contribution in [3.63, 3.8) is 0 Å². The van der Waals surface area contributed by atoms with Crippen molar-refractivity contribution in [2.75, 3.05) is 11.0 Å². The molecule has 1 unspecified atom stereocenters. The molecule has 1 N–H and O–H groups in total. The van der Waals surface area contributed by atoms with E-state index in [1.807, 2.05) is 0 Å². The zero-order valence-corrected chi connectivity index (χ0v) is 16.7. The molecular weight excluding hydrogens is 381 g/mol. The van der Waals surface area contributed by atoms with E-state index in [0.29, 0.717) is 28.9 Å². The van der Waals surface area contributed by atoms with E-state index in [2.05, 4.69) is 9.82 Å². The van der Waals surface area contributed by atoms with Gasteiger partial charge in [0.1, 0.15) is 5.82 Å². The number of nitrogens with one attached hydrogen (secondary N) is 1. The lowest BCUT2D eigenvalue weighted by atomic mass is 9.97. The van der Waals surface area contributed by atoms with Gasteiger partial charge in [0.15, 0.2) is 0 Å². The summed E-state index contributed by atoms with van der Waals surface area (Å²) < 4.78 is 39.1. The second-order valence-corrected chi connectivity index (χ2v) is 8.86. The average Bonchev–Trinajstić information content (AvgIpc) is 3.05. The number of hydrogen-bond acceptors (Lipinski definition) is 4. The van der Waals surface area contributed by atoms with Gasteiger partial charge < -0.3 is 0 Å². The number of carbonyl (C=O) groups is 1. The lowest BCUT2D eigenvalue weighted by molar-refractivity contribution is -0.136. The normalized spacial score (nSPS) is 17.0. The van der Waals surface area contributed by atoms with Gasteiger partial charge in [0.05, 0.1) is 18.0 Å². The molecule has 1 amide bonds. The Balaban J connectivity index is 1.97. The van der Waals surface area contributed by atoms with Gasteiger partial charge in [-0.05, 0) is 35.4 Å². The summed E-state index contributed by atoms with van der Waals surface area (Å²) in [6.07, 6.45) is 1.49. The summed E-state index contributed by atoms with van der Waals surface area (Å²) >= 11 is 0.